The molecule has 0 bridgehead atoms. The molecule has 0 saturated carbocycles. The predicted octanol–water partition coefficient (Wildman–Crippen LogP) is 0.897. The quantitative estimate of drug-likeness (QED) is 0.727. The Labute approximate surface area is 106 Å². The Morgan fingerprint density at radius 2 is 2.06 bits per heavy atom. The van der Waals surface area contributed by atoms with Crippen molar-refractivity contribution in [1.82, 2.24) is 19.4 Å². The largest absolute Gasteiger partial charge is 0.341 e. The van der Waals surface area contributed by atoms with Crippen molar-refractivity contribution >= 4 is 21.2 Å². The van der Waals surface area contributed by atoms with Crippen molar-refractivity contribution < 1.29 is 8.42 Å². The third-order valence-corrected chi connectivity index (χ3v) is 3.52. The molecular formula is C11H16N4O2S. The molecule has 0 amide bonds. The van der Waals surface area contributed by atoms with Gasteiger partial charge in [0.05, 0.1) is 17.6 Å². The summed E-state index contributed by atoms with van der Waals surface area (Å²) >= 11 is 0. The second-order valence-electron chi connectivity index (χ2n) is 3.92. The minimum atomic E-state index is -3.44. The van der Waals surface area contributed by atoms with E-state index < -0.39 is 10.2 Å². The zero-order chi connectivity index (χ0) is 13.0. The molecule has 0 fully saturated rings. The first-order valence-corrected chi connectivity index (χ1v) is 7.27. The van der Waals surface area contributed by atoms with E-state index in [0.717, 1.165) is 17.5 Å². The standard InChI is InChI=1S/C11H16N4O2S/c1-2-7-12-18(16,17)13-8-11-14-9-5-3-4-6-10(9)15-11/h3-6,12-13H,2,7-8H2,1H3,(H,14,15). The summed E-state index contributed by atoms with van der Waals surface area (Å²) < 4.78 is 27.9. The number of nitrogens with zero attached hydrogens (tertiary/aromatic N) is 1. The Balaban J connectivity index is 2.01. The maximum Gasteiger partial charge on any atom is 0.277 e. The summed E-state index contributed by atoms with van der Waals surface area (Å²) in [5.74, 6) is 0.595. The van der Waals surface area contributed by atoms with Gasteiger partial charge in [-0.2, -0.15) is 13.1 Å². The van der Waals surface area contributed by atoms with E-state index in [2.05, 4.69) is 19.4 Å². The van der Waals surface area contributed by atoms with Crippen molar-refractivity contribution in [1.29, 1.82) is 0 Å². The van der Waals surface area contributed by atoms with Crippen LogP contribution >= 0.6 is 0 Å². The van der Waals surface area contributed by atoms with Gasteiger partial charge in [-0.15, -0.1) is 0 Å². The molecule has 7 heteroatoms. The molecule has 1 aromatic heterocycles. The molecular weight excluding hydrogens is 252 g/mol. The van der Waals surface area contributed by atoms with Gasteiger partial charge < -0.3 is 4.98 Å². The van der Waals surface area contributed by atoms with E-state index in [-0.39, 0.29) is 6.54 Å². The number of fused-ring (bicyclic) bond motifs is 1. The second-order valence-corrected chi connectivity index (χ2v) is 5.50. The minimum Gasteiger partial charge on any atom is -0.341 e. The van der Waals surface area contributed by atoms with E-state index >= 15 is 0 Å². The minimum absolute atomic E-state index is 0.147. The number of rotatable bonds is 6. The molecule has 0 radical (unpaired) electrons. The lowest BCUT2D eigenvalue weighted by molar-refractivity contribution is 0.564. The number of H-pyrrole nitrogens is 1. The molecule has 6 nitrogen and oxygen atoms in total. The molecule has 0 unspecified atom stereocenters. The predicted molar refractivity (Wildman–Crippen MR) is 70.1 cm³/mol. The van der Waals surface area contributed by atoms with Gasteiger partial charge in [0, 0.05) is 6.54 Å². The van der Waals surface area contributed by atoms with Crippen LogP contribution in [0.25, 0.3) is 11.0 Å². The maximum absolute atomic E-state index is 11.5. The summed E-state index contributed by atoms with van der Waals surface area (Å²) in [4.78, 5) is 7.34. The van der Waals surface area contributed by atoms with Gasteiger partial charge >= 0.3 is 0 Å². The average molecular weight is 268 g/mol. The van der Waals surface area contributed by atoms with Crippen LogP contribution in [0.15, 0.2) is 24.3 Å². The SMILES string of the molecule is CCCNS(=O)(=O)NCc1nc2ccccc2[nH]1. The molecule has 0 spiro atoms. The van der Waals surface area contributed by atoms with Crippen LogP contribution < -0.4 is 9.44 Å². The molecule has 0 atom stereocenters. The zero-order valence-corrected chi connectivity index (χ0v) is 10.9. The van der Waals surface area contributed by atoms with Gasteiger partial charge in [-0.05, 0) is 18.6 Å². The topological polar surface area (TPSA) is 86.9 Å². The third kappa shape index (κ3) is 3.28. The first kappa shape index (κ1) is 13.0. The van der Waals surface area contributed by atoms with Crippen molar-refractivity contribution in [3.63, 3.8) is 0 Å². The molecule has 18 heavy (non-hydrogen) atoms. The van der Waals surface area contributed by atoms with Crippen LogP contribution in [0.4, 0.5) is 0 Å². The maximum atomic E-state index is 11.5. The fourth-order valence-corrected chi connectivity index (χ4v) is 2.44. The Morgan fingerprint density at radius 3 is 2.78 bits per heavy atom. The van der Waals surface area contributed by atoms with E-state index in [4.69, 9.17) is 0 Å². The van der Waals surface area contributed by atoms with Gasteiger partial charge in [-0.3, -0.25) is 0 Å². The number of hydrogen-bond acceptors (Lipinski definition) is 3. The van der Waals surface area contributed by atoms with Crippen LogP contribution in [0, 0.1) is 0 Å². The van der Waals surface area contributed by atoms with Crippen LogP contribution in [-0.4, -0.2) is 24.9 Å². The van der Waals surface area contributed by atoms with Gasteiger partial charge in [0.1, 0.15) is 5.82 Å². The summed E-state index contributed by atoms with van der Waals surface area (Å²) in [7, 11) is -3.44. The van der Waals surface area contributed by atoms with E-state index in [1.54, 1.807) is 0 Å². The molecule has 0 aliphatic carbocycles. The molecule has 1 aromatic carbocycles. The first-order valence-electron chi connectivity index (χ1n) is 5.78. The summed E-state index contributed by atoms with van der Waals surface area (Å²) in [5.41, 5.74) is 1.72. The number of imidazole rings is 1. The molecule has 2 rings (SSSR count). The highest BCUT2D eigenvalue weighted by Gasteiger charge is 2.09. The number of benzene rings is 1. The van der Waals surface area contributed by atoms with Crippen LogP contribution in [0.3, 0.4) is 0 Å². The normalized spacial score (nSPS) is 12.1. The van der Waals surface area contributed by atoms with Crippen molar-refractivity contribution in [2.45, 2.75) is 19.9 Å². The fourth-order valence-electron chi connectivity index (χ4n) is 1.54. The molecule has 0 aliphatic rings. The third-order valence-electron chi connectivity index (χ3n) is 2.41. The van der Waals surface area contributed by atoms with Crippen molar-refractivity contribution in [2.75, 3.05) is 6.54 Å². The molecule has 0 saturated heterocycles. The molecule has 1 heterocycles. The van der Waals surface area contributed by atoms with E-state index in [0.29, 0.717) is 12.4 Å². The van der Waals surface area contributed by atoms with E-state index in [1.165, 1.54) is 0 Å². The van der Waals surface area contributed by atoms with Gasteiger partial charge in [-0.25, -0.2) is 9.71 Å². The fraction of sp³-hybridized carbons (Fsp3) is 0.364. The Hall–Kier alpha value is -1.44. The highest BCUT2D eigenvalue weighted by Crippen LogP contribution is 2.09. The van der Waals surface area contributed by atoms with Gasteiger partial charge in [0.2, 0.25) is 0 Å². The van der Waals surface area contributed by atoms with Crippen molar-refractivity contribution in [3.05, 3.63) is 30.1 Å². The van der Waals surface area contributed by atoms with E-state index in [9.17, 15) is 8.42 Å². The number of nitrogens with one attached hydrogen (secondary N) is 3. The highest BCUT2D eigenvalue weighted by atomic mass is 32.2. The van der Waals surface area contributed by atoms with Crippen LogP contribution in [0.5, 0.6) is 0 Å². The Kier molecular flexibility index (Phi) is 3.95. The number of aromatic nitrogens is 2. The van der Waals surface area contributed by atoms with Crippen molar-refractivity contribution in [3.8, 4) is 0 Å². The Morgan fingerprint density at radius 1 is 1.28 bits per heavy atom. The number of aromatic amines is 1. The smallest absolute Gasteiger partial charge is 0.277 e. The van der Waals surface area contributed by atoms with E-state index in [1.807, 2.05) is 31.2 Å². The summed E-state index contributed by atoms with van der Waals surface area (Å²) in [6.45, 7) is 2.48. The number of para-hydroxylation sites is 2. The summed E-state index contributed by atoms with van der Waals surface area (Å²) in [6.07, 6.45) is 0.756. The van der Waals surface area contributed by atoms with Crippen LogP contribution in [0.2, 0.25) is 0 Å². The first-order chi connectivity index (χ1) is 8.61. The van der Waals surface area contributed by atoms with Gasteiger partial charge in [-0.1, -0.05) is 19.1 Å². The summed E-state index contributed by atoms with van der Waals surface area (Å²) in [5, 5.41) is 0. The molecule has 98 valence electrons. The zero-order valence-electron chi connectivity index (χ0n) is 10.1. The lowest BCUT2D eigenvalue weighted by Crippen LogP contribution is -2.36. The monoisotopic (exact) mass is 268 g/mol. The Bertz CT molecular complexity index is 588. The van der Waals surface area contributed by atoms with Crippen LogP contribution in [0.1, 0.15) is 19.2 Å². The molecule has 2 aromatic rings. The van der Waals surface area contributed by atoms with Crippen LogP contribution in [-0.2, 0) is 16.8 Å². The number of hydrogen-bond donors (Lipinski definition) is 3. The lowest BCUT2D eigenvalue weighted by atomic mass is 10.3. The highest BCUT2D eigenvalue weighted by molar-refractivity contribution is 7.87. The summed E-state index contributed by atoms with van der Waals surface area (Å²) in [6, 6.07) is 7.56. The second kappa shape index (κ2) is 5.47. The van der Waals surface area contributed by atoms with Gasteiger partial charge in [0.15, 0.2) is 0 Å². The van der Waals surface area contributed by atoms with Gasteiger partial charge in [0.25, 0.3) is 10.2 Å². The van der Waals surface area contributed by atoms with Crippen molar-refractivity contribution in [2.24, 2.45) is 0 Å². The molecule has 3 N–H and O–H groups in total. The average Bonchev–Trinajstić information content (AvgIpc) is 2.77. The molecule has 0 aliphatic heterocycles. The lowest BCUT2D eigenvalue weighted by Gasteiger charge is -2.05.